The van der Waals surface area contributed by atoms with E-state index in [2.05, 4.69) is 15.8 Å². The summed E-state index contributed by atoms with van der Waals surface area (Å²) >= 11 is 0. The zero-order valence-electron chi connectivity index (χ0n) is 9.99. The molecule has 1 saturated heterocycles. The molecule has 1 heterocycles. The van der Waals surface area contributed by atoms with Gasteiger partial charge >= 0.3 is 0 Å². The quantitative estimate of drug-likeness (QED) is 0.222. The van der Waals surface area contributed by atoms with Crippen LogP contribution in [0.3, 0.4) is 0 Å². The van der Waals surface area contributed by atoms with Crippen molar-refractivity contribution in [2.75, 3.05) is 6.54 Å². The van der Waals surface area contributed by atoms with Crippen molar-refractivity contribution in [3.63, 3.8) is 0 Å². The van der Waals surface area contributed by atoms with Crippen molar-refractivity contribution in [3.05, 3.63) is 0 Å². The van der Waals surface area contributed by atoms with E-state index in [-0.39, 0.29) is 23.7 Å². The van der Waals surface area contributed by atoms with E-state index in [1.807, 2.05) is 0 Å². The third-order valence-corrected chi connectivity index (χ3v) is 2.91. The molecule has 1 fully saturated rings. The molecule has 7 nitrogen and oxygen atoms in total. The Morgan fingerprint density at radius 2 is 2.35 bits per heavy atom. The van der Waals surface area contributed by atoms with Gasteiger partial charge in [0.15, 0.2) is 5.84 Å². The van der Waals surface area contributed by atoms with E-state index in [9.17, 15) is 9.59 Å². The Morgan fingerprint density at radius 3 is 2.82 bits per heavy atom. The second-order valence-corrected chi connectivity index (χ2v) is 4.62. The van der Waals surface area contributed by atoms with Crippen LogP contribution in [0.25, 0.3) is 0 Å². The lowest BCUT2D eigenvalue weighted by Crippen LogP contribution is -2.48. The molecule has 0 spiro atoms. The maximum absolute atomic E-state index is 11.8. The van der Waals surface area contributed by atoms with E-state index in [0.29, 0.717) is 19.4 Å². The predicted octanol–water partition coefficient (Wildman–Crippen LogP) is -0.846. The number of amides is 2. The maximum Gasteiger partial charge on any atom is 0.233 e. The van der Waals surface area contributed by atoms with Crippen molar-refractivity contribution >= 4 is 17.6 Å². The van der Waals surface area contributed by atoms with E-state index in [1.165, 1.54) is 0 Å². The summed E-state index contributed by atoms with van der Waals surface area (Å²) in [7, 11) is 0. The largest absolute Gasteiger partial charge is 0.409 e. The van der Waals surface area contributed by atoms with Gasteiger partial charge in [0.25, 0.3) is 0 Å². The summed E-state index contributed by atoms with van der Waals surface area (Å²) in [5, 5.41) is 16.8. The van der Waals surface area contributed by atoms with Crippen LogP contribution >= 0.6 is 0 Å². The molecule has 1 rings (SSSR count). The molecule has 5 N–H and O–H groups in total. The van der Waals surface area contributed by atoms with Gasteiger partial charge < -0.3 is 21.6 Å². The van der Waals surface area contributed by atoms with E-state index < -0.39 is 5.41 Å². The van der Waals surface area contributed by atoms with E-state index >= 15 is 0 Å². The third-order valence-electron chi connectivity index (χ3n) is 2.91. The average Bonchev–Trinajstić information content (AvgIpc) is 2.70. The van der Waals surface area contributed by atoms with Crippen LogP contribution in [0.1, 0.15) is 26.7 Å². The minimum Gasteiger partial charge on any atom is -0.409 e. The number of nitrogens with one attached hydrogen (secondary N) is 2. The smallest absolute Gasteiger partial charge is 0.233 e. The SMILES string of the molecule is CC(C)(C(=O)NCC1CCC(=O)N1)C(N)=NO. The maximum atomic E-state index is 11.8. The lowest BCUT2D eigenvalue weighted by atomic mass is 9.91. The number of carbonyl (C=O) groups excluding carboxylic acids is 2. The summed E-state index contributed by atoms with van der Waals surface area (Å²) < 4.78 is 0. The van der Waals surface area contributed by atoms with Gasteiger partial charge in [-0.2, -0.15) is 0 Å². The number of nitrogens with two attached hydrogens (primary N) is 1. The Labute approximate surface area is 99.4 Å². The Morgan fingerprint density at radius 1 is 1.71 bits per heavy atom. The lowest BCUT2D eigenvalue weighted by molar-refractivity contribution is -0.126. The van der Waals surface area contributed by atoms with Crippen molar-refractivity contribution in [2.45, 2.75) is 32.7 Å². The number of oxime groups is 1. The minimum atomic E-state index is -1.07. The molecule has 0 aromatic heterocycles. The Hall–Kier alpha value is -1.79. The molecule has 96 valence electrons. The standard InChI is InChI=1S/C10H18N4O3/c1-10(2,8(11)14-17)9(16)12-5-6-3-4-7(15)13-6/h6,17H,3-5H2,1-2H3,(H2,11,14)(H,12,16)(H,13,15). The van der Waals surface area contributed by atoms with Crippen LogP contribution in [-0.4, -0.2) is 35.4 Å². The highest BCUT2D eigenvalue weighted by molar-refractivity contribution is 6.05. The highest BCUT2D eigenvalue weighted by atomic mass is 16.4. The molecule has 7 heteroatoms. The van der Waals surface area contributed by atoms with Crippen molar-refractivity contribution in [3.8, 4) is 0 Å². The number of carbonyl (C=O) groups is 2. The first-order valence-corrected chi connectivity index (χ1v) is 5.43. The van der Waals surface area contributed by atoms with E-state index in [4.69, 9.17) is 10.9 Å². The molecule has 17 heavy (non-hydrogen) atoms. The van der Waals surface area contributed by atoms with Crippen LogP contribution in [0.5, 0.6) is 0 Å². The van der Waals surface area contributed by atoms with Crippen LogP contribution < -0.4 is 16.4 Å². The highest BCUT2D eigenvalue weighted by Gasteiger charge is 2.33. The molecular weight excluding hydrogens is 224 g/mol. The summed E-state index contributed by atoms with van der Waals surface area (Å²) in [6, 6.07) is -0.0328. The fraction of sp³-hybridized carbons (Fsp3) is 0.700. The van der Waals surface area contributed by atoms with Gasteiger partial charge in [0.1, 0.15) is 5.41 Å². The molecule has 0 aromatic carbocycles. The van der Waals surface area contributed by atoms with Crippen LogP contribution in [0.15, 0.2) is 5.16 Å². The molecule has 2 amide bonds. The monoisotopic (exact) mass is 242 g/mol. The van der Waals surface area contributed by atoms with Crippen molar-refractivity contribution in [2.24, 2.45) is 16.3 Å². The van der Waals surface area contributed by atoms with E-state index in [1.54, 1.807) is 13.8 Å². The normalized spacial score (nSPS) is 21.2. The van der Waals surface area contributed by atoms with Crippen LogP contribution in [0.2, 0.25) is 0 Å². The van der Waals surface area contributed by atoms with Crippen LogP contribution in [-0.2, 0) is 9.59 Å². The van der Waals surface area contributed by atoms with Crippen molar-refractivity contribution in [1.82, 2.24) is 10.6 Å². The fourth-order valence-corrected chi connectivity index (χ4v) is 1.51. The zero-order chi connectivity index (χ0) is 13.1. The number of amidine groups is 1. The molecule has 1 unspecified atom stereocenters. The van der Waals surface area contributed by atoms with Crippen molar-refractivity contribution in [1.29, 1.82) is 0 Å². The molecule has 0 saturated carbocycles. The first-order valence-electron chi connectivity index (χ1n) is 5.43. The number of nitrogens with zero attached hydrogens (tertiary/aromatic N) is 1. The molecule has 0 radical (unpaired) electrons. The second kappa shape index (κ2) is 5.03. The number of hydrogen-bond acceptors (Lipinski definition) is 4. The Balaban J connectivity index is 2.47. The Kier molecular flexibility index (Phi) is 3.93. The summed E-state index contributed by atoms with van der Waals surface area (Å²) in [4.78, 5) is 22.8. The summed E-state index contributed by atoms with van der Waals surface area (Å²) in [5.41, 5.74) is 4.35. The molecule has 0 aliphatic carbocycles. The molecule has 0 aromatic rings. The number of hydrogen-bond donors (Lipinski definition) is 4. The van der Waals surface area contributed by atoms with Crippen molar-refractivity contribution < 1.29 is 14.8 Å². The summed E-state index contributed by atoms with van der Waals surface area (Å²) in [6.45, 7) is 3.47. The van der Waals surface area contributed by atoms with Crippen LogP contribution in [0.4, 0.5) is 0 Å². The molecule has 1 aliphatic heterocycles. The molecular formula is C10H18N4O3. The Bertz CT molecular complexity index is 351. The van der Waals surface area contributed by atoms with Gasteiger partial charge in [0, 0.05) is 19.0 Å². The molecule has 1 aliphatic rings. The van der Waals surface area contributed by atoms with E-state index in [0.717, 1.165) is 0 Å². The summed E-state index contributed by atoms with van der Waals surface area (Å²) in [6.07, 6.45) is 1.20. The minimum absolute atomic E-state index is 0.0000521. The highest BCUT2D eigenvalue weighted by Crippen LogP contribution is 2.15. The zero-order valence-corrected chi connectivity index (χ0v) is 9.99. The lowest BCUT2D eigenvalue weighted by Gasteiger charge is -2.22. The van der Waals surface area contributed by atoms with Gasteiger partial charge in [0.2, 0.25) is 11.8 Å². The predicted molar refractivity (Wildman–Crippen MR) is 61.4 cm³/mol. The first-order chi connectivity index (χ1) is 7.87. The topological polar surface area (TPSA) is 117 Å². The number of rotatable bonds is 4. The second-order valence-electron chi connectivity index (χ2n) is 4.62. The summed E-state index contributed by atoms with van der Waals surface area (Å²) in [5.74, 6) is -0.487. The van der Waals surface area contributed by atoms with Gasteiger partial charge in [-0.15, -0.1) is 0 Å². The van der Waals surface area contributed by atoms with Gasteiger partial charge in [-0.3, -0.25) is 9.59 Å². The molecule has 1 atom stereocenters. The third kappa shape index (κ3) is 3.08. The first kappa shape index (κ1) is 13.3. The van der Waals surface area contributed by atoms with Gasteiger partial charge in [-0.1, -0.05) is 5.16 Å². The fourth-order valence-electron chi connectivity index (χ4n) is 1.51. The average molecular weight is 242 g/mol. The van der Waals surface area contributed by atoms with Crippen LogP contribution in [0, 0.1) is 5.41 Å². The van der Waals surface area contributed by atoms with Gasteiger partial charge in [0.05, 0.1) is 0 Å². The van der Waals surface area contributed by atoms with Gasteiger partial charge in [-0.05, 0) is 20.3 Å². The van der Waals surface area contributed by atoms with Gasteiger partial charge in [-0.25, -0.2) is 0 Å². The molecule has 0 bridgehead atoms.